The van der Waals surface area contributed by atoms with Crippen LogP contribution in [-0.4, -0.2) is 4.92 Å². The van der Waals surface area contributed by atoms with Crippen LogP contribution in [0.1, 0.15) is 5.56 Å². The van der Waals surface area contributed by atoms with Crippen LogP contribution < -0.4 is 0 Å². The van der Waals surface area contributed by atoms with E-state index in [9.17, 15) is 18.9 Å². The highest BCUT2D eigenvalue weighted by atomic mass is 79.9. The Kier molecular flexibility index (Phi) is 2.92. The molecule has 3 nitrogen and oxygen atoms in total. The van der Waals surface area contributed by atoms with Crippen molar-refractivity contribution in [3.8, 4) is 0 Å². The van der Waals surface area contributed by atoms with Crippen LogP contribution in [0.3, 0.4) is 0 Å². The molecule has 0 spiro atoms. The molecule has 0 aromatic heterocycles. The third-order valence-electron chi connectivity index (χ3n) is 1.48. The lowest BCUT2D eigenvalue weighted by atomic mass is 10.2. The maximum Gasteiger partial charge on any atom is 0.307 e. The molecule has 0 fully saturated rings. The van der Waals surface area contributed by atoms with E-state index in [1.54, 1.807) is 0 Å². The largest absolute Gasteiger partial charge is 0.307 e. The molecule has 0 bridgehead atoms. The van der Waals surface area contributed by atoms with Crippen LogP contribution in [0.25, 0.3) is 0 Å². The summed E-state index contributed by atoms with van der Waals surface area (Å²) < 4.78 is 25.8. The van der Waals surface area contributed by atoms with Gasteiger partial charge in [-0.15, -0.1) is 0 Å². The maximum atomic E-state index is 12.9. The molecule has 0 saturated carbocycles. The van der Waals surface area contributed by atoms with Gasteiger partial charge in [0.2, 0.25) is 5.82 Å². The zero-order valence-electron chi connectivity index (χ0n) is 6.26. The number of nitrogens with zero attached hydrogens (tertiary/aromatic N) is 1. The lowest BCUT2D eigenvalue weighted by molar-refractivity contribution is -0.387. The standard InChI is InChI=1S/C7H4BrF2NO2/c8-3-4-1-2-5(11(12)13)7(10)6(4)9/h1-2H,3H2. The van der Waals surface area contributed by atoms with Gasteiger partial charge in [0.15, 0.2) is 5.82 Å². The van der Waals surface area contributed by atoms with E-state index < -0.39 is 22.2 Å². The van der Waals surface area contributed by atoms with Crippen LogP contribution in [0.2, 0.25) is 0 Å². The van der Waals surface area contributed by atoms with E-state index in [4.69, 9.17) is 0 Å². The van der Waals surface area contributed by atoms with Gasteiger partial charge in [-0.05, 0) is 6.07 Å². The third-order valence-corrected chi connectivity index (χ3v) is 2.09. The summed E-state index contributed by atoms with van der Waals surface area (Å²) in [6.45, 7) is 0. The highest BCUT2D eigenvalue weighted by Gasteiger charge is 2.20. The van der Waals surface area contributed by atoms with Gasteiger partial charge in [0.05, 0.1) is 4.92 Å². The molecule has 1 rings (SSSR count). The topological polar surface area (TPSA) is 43.1 Å². The van der Waals surface area contributed by atoms with Gasteiger partial charge in [-0.25, -0.2) is 4.39 Å². The van der Waals surface area contributed by atoms with Gasteiger partial charge < -0.3 is 0 Å². The molecule has 0 aliphatic carbocycles. The van der Waals surface area contributed by atoms with Gasteiger partial charge in [0.25, 0.3) is 0 Å². The number of hydrogen-bond donors (Lipinski definition) is 0. The van der Waals surface area contributed by atoms with Crippen molar-refractivity contribution in [3.05, 3.63) is 39.4 Å². The molecule has 13 heavy (non-hydrogen) atoms. The number of halogens is 3. The van der Waals surface area contributed by atoms with Crippen molar-refractivity contribution in [1.29, 1.82) is 0 Å². The van der Waals surface area contributed by atoms with Crippen LogP contribution >= 0.6 is 15.9 Å². The van der Waals surface area contributed by atoms with Crippen molar-refractivity contribution in [2.24, 2.45) is 0 Å². The Hall–Kier alpha value is -1.04. The first-order chi connectivity index (χ1) is 6.07. The smallest absolute Gasteiger partial charge is 0.258 e. The Morgan fingerprint density at radius 2 is 2.00 bits per heavy atom. The first kappa shape index (κ1) is 10.0. The normalized spacial score (nSPS) is 10.1. The second-order valence-corrected chi connectivity index (χ2v) is 2.82. The quantitative estimate of drug-likeness (QED) is 0.461. The summed E-state index contributed by atoms with van der Waals surface area (Å²) in [6, 6.07) is 2.11. The maximum absolute atomic E-state index is 12.9. The highest BCUT2D eigenvalue weighted by molar-refractivity contribution is 9.08. The second kappa shape index (κ2) is 3.78. The monoisotopic (exact) mass is 251 g/mol. The van der Waals surface area contributed by atoms with Crippen molar-refractivity contribution in [3.63, 3.8) is 0 Å². The van der Waals surface area contributed by atoms with E-state index in [2.05, 4.69) is 15.9 Å². The first-order valence-corrected chi connectivity index (χ1v) is 4.37. The van der Waals surface area contributed by atoms with E-state index in [0.717, 1.165) is 6.07 Å². The molecule has 6 heteroatoms. The lowest BCUT2D eigenvalue weighted by Gasteiger charge is -1.99. The Morgan fingerprint density at radius 1 is 1.38 bits per heavy atom. The predicted octanol–water partition coefficient (Wildman–Crippen LogP) is 2.77. The molecule has 0 aliphatic heterocycles. The van der Waals surface area contributed by atoms with Gasteiger partial charge in [-0.3, -0.25) is 10.1 Å². The van der Waals surface area contributed by atoms with E-state index in [-0.39, 0.29) is 10.9 Å². The number of nitro groups is 1. The summed E-state index contributed by atoms with van der Waals surface area (Å²) in [7, 11) is 0. The summed E-state index contributed by atoms with van der Waals surface area (Å²) in [5.41, 5.74) is -0.787. The molecule has 0 N–H and O–H groups in total. The van der Waals surface area contributed by atoms with Crippen LogP contribution in [0.5, 0.6) is 0 Å². The number of rotatable bonds is 2. The lowest BCUT2D eigenvalue weighted by Crippen LogP contribution is -1.98. The molecule has 0 saturated heterocycles. The van der Waals surface area contributed by atoms with Crippen molar-refractivity contribution < 1.29 is 13.7 Å². The minimum atomic E-state index is -1.41. The Labute approximate surface area is 80.6 Å². The fourth-order valence-corrected chi connectivity index (χ4v) is 1.26. The predicted molar refractivity (Wildman–Crippen MR) is 45.6 cm³/mol. The van der Waals surface area contributed by atoms with Gasteiger partial charge >= 0.3 is 5.69 Å². The third kappa shape index (κ3) is 1.82. The summed E-state index contributed by atoms with van der Waals surface area (Å²) in [4.78, 5) is 9.20. The van der Waals surface area contributed by atoms with Gasteiger partial charge in [-0.1, -0.05) is 15.9 Å². The number of hydrogen-bond acceptors (Lipinski definition) is 2. The van der Waals surface area contributed by atoms with Crippen molar-refractivity contribution in [1.82, 2.24) is 0 Å². The summed E-state index contributed by atoms with van der Waals surface area (Å²) in [6.07, 6.45) is 0. The van der Waals surface area contributed by atoms with Crippen LogP contribution in [0.4, 0.5) is 14.5 Å². The first-order valence-electron chi connectivity index (χ1n) is 3.25. The SMILES string of the molecule is O=[N+]([O-])c1ccc(CBr)c(F)c1F. The molecule has 0 atom stereocenters. The Morgan fingerprint density at radius 3 is 2.46 bits per heavy atom. The van der Waals surface area contributed by atoms with Crippen LogP contribution in [0, 0.1) is 21.7 Å². The minimum Gasteiger partial charge on any atom is -0.258 e. The number of benzene rings is 1. The van der Waals surface area contributed by atoms with Crippen molar-refractivity contribution in [2.75, 3.05) is 0 Å². The minimum absolute atomic E-state index is 0.0584. The van der Waals surface area contributed by atoms with Crippen molar-refractivity contribution in [2.45, 2.75) is 5.33 Å². The average Bonchev–Trinajstić information content (AvgIpc) is 2.09. The second-order valence-electron chi connectivity index (χ2n) is 2.26. The molecule has 0 aliphatic rings. The Balaban J connectivity index is 3.31. The fraction of sp³-hybridized carbons (Fsp3) is 0.143. The zero-order chi connectivity index (χ0) is 10.0. The summed E-state index contributed by atoms with van der Waals surface area (Å²) in [5.74, 6) is -2.59. The summed E-state index contributed by atoms with van der Waals surface area (Å²) in [5, 5.41) is 10.3. The molecule has 70 valence electrons. The van der Waals surface area contributed by atoms with E-state index >= 15 is 0 Å². The fourth-order valence-electron chi connectivity index (χ4n) is 0.823. The van der Waals surface area contributed by atoms with E-state index in [1.165, 1.54) is 6.07 Å². The molecule has 0 unspecified atom stereocenters. The van der Waals surface area contributed by atoms with E-state index in [0.29, 0.717) is 0 Å². The van der Waals surface area contributed by atoms with E-state index in [1.807, 2.05) is 0 Å². The van der Waals surface area contributed by atoms with Gasteiger partial charge in [0.1, 0.15) is 0 Å². The summed E-state index contributed by atoms with van der Waals surface area (Å²) >= 11 is 2.93. The molecule has 0 radical (unpaired) electrons. The van der Waals surface area contributed by atoms with Crippen molar-refractivity contribution >= 4 is 21.6 Å². The molecular weight excluding hydrogens is 248 g/mol. The highest BCUT2D eigenvalue weighted by Crippen LogP contribution is 2.23. The van der Waals surface area contributed by atoms with Crippen LogP contribution in [-0.2, 0) is 5.33 Å². The van der Waals surface area contributed by atoms with Gasteiger partial charge in [-0.2, -0.15) is 4.39 Å². The molecule has 1 aromatic carbocycles. The number of nitro benzene ring substituents is 1. The average molecular weight is 252 g/mol. The Bertz CT molecular complexity index is 357. The number of alkyl halides is 1. The molecule has 0 heterocycles. The van der Waals surface area contributed by atoms with Gasteiger partial charge in [0, 0.05) is 17.0 Å². The molecule has 0 amide bonds. The molecule has 1 aromatic rings. The zero-order valence-corrected chi connectivity index (χ0v) is 7.85. The van der Waals surface area contributed by atoms with Crippen LogP contribution in [0.15, 0.2) is 12.1 Å². The molecular formula is C7H4BrF2NO2.